The van der Waals surface area contributed by atoms with Gasteiger partial charge in [-0.25, -0.2) is 5.01 Å². The number of carbonyl (C=O) groups excluding carboxylic acids is 1. The average molecular weight is 482 g/mol. The number of likely N-dealkylation sites (tertiary alicyclic amines) is 1. The highest BCUT2D eigenvalue weighted by atomic mass is 16.7. The second kappa shape index (κ2) is 10.2. The van der Waals surface area contributed by atoms with Gasteiger partial charge in [-0.05, 0) is 67.1 Å². The third-order valence-electron chi connectivity index (χ3n) is 7.49. The van der Waals surface area contributed by atoms with Crippen molar-refractivity contribution in [2.75, 3.05) is 26.4 Å². The van der Waals surface area contributed by atoms with Gasteiger partial charge in [0.2, 0.25) is 6.79 Å². The minimum absolute atomic E-state index is 0.0464. The van der Waals surface area contributed by atoms with Crippen LogP contribution in [0.3, 0.4) is 0 Å². The maximum atomic E-state index is 13.6. The Bertz CT molecular complexity index is 1240. The van der Waals surface area contributed by atoms with Crippen molar-refractivity contribution in [3.63, 3.8) is 0 Å². The lowest BCUT2D eigenvalue weighted by Crippen LogP contribution is -2.42. The van der Waals surface area contributed by atoms with Crippen molar-refractivity contribution in [3.8, 4) is 11.5 Å². The first-order valence-corrected chi connectivity index (χ1v) is 12.8. The molecule has 0 unspecified atom stereocenters. The van der Waals surface area contributed by atoms with Gasteiger partial charge in [-0.2, -0.15) is 5.10 Å². The van der Waals surface area contributed by atoms with Crippen LogP contribution in [0.5, 0.6) is 11.5 Å². The van der Waals surface area contributed by atoms with Gasteiger partial charge < -0.3 is 9.47 Å². The second-order valence-electron chi connectivity index (χ2n) is 9.89. The van der Waals surface area contributed by atoms with E-state index in [1.165, 1.54) is 5.56 Å². The molecule has 0 aromatic heterocycles. The zero-order valence-electron chi connectivity index (χ0n) is 20.4. The van der Waals surface area contributed by atoms with Crippen LogP contribution in [0, 0.1) is 5.92 Å². The molecule has 0 aliphatic carbocycles. The molecule has 3 aromatic carbocycles. The van der Waals surface area contributed by atoms with Crippen LogP contribution in [0.2, 0.25) is 0 Å². The van der Waals surface area contributed by atoms with E-state index in [0.717, 1.165) is 60.7 Å². The Labute approximate surface area is 212 Å². The summed E-state index contributed by atoms with van der Waals surface area (Å²) in [5, 5.41) is 6.55. The highest BCUT2D eigenvalue weighted by molar-refractivity contribution is 6.03. The molecule has 6 rings (SSSR count). The summed E-state index contributed by atoms with van der Waals surface area (Å²) in [7, 11) is 0. The number of hydrazone groups is 1. The SMILES string of the molecule is O=C(CN1CCC(Cc2ccccc2)CC1)N1N=C(c2ccccc2)C[C@H]1c1ccc2c(c1)OCO2. The van der Waals surface area contributed by atoms with Crippen LogP contribution in [0.15, 0.2) is 84.0 Å². The fraction of sp³-hybridized carbons (Fsp3) is 0.333. The van der Waals surface area contributed by atoms with Crippen molar-refractivity contribution in [1.82, 2.24) is 9.91 Å². The molecule has 0 saturated carbocycles. The van der Waals surface area contributed by atoms with Crippen molar-refractivity contribution in [2.24, 2.45) is 11.0 Å². The first-order chi connectivity index (χ1) is 17.7. The van der Waals surface area contributed by atoms with Crippen molar-refractivity contribution >= 4 is 11.6 Å². The molecule has 1 saturated heterocycles. The maximum Gasteiger partial charge on any atom is 0.257 e. The van der Waals surface area contributed by atoms with Crippen LogP contribution in [0.4, 0.5) is 0 Å². The topological polar surface area (TPSA) is 54.4 Å². The number of amides is 1. The zero-order valence-corrected chi connectivity index (χ0v) is 20.4. The van der Waals surface area contributed by atoms with E-state index in [1.807, 2.05) is 36.4 Å². The molecule has 3 aliphatic rings. The number of hydrogen-bond donors (Lipinski definition) is 0. The Morgan fingerprint density at radius 2 is 1.61 bits per heavy atom. The summed E-state index contributed by atoms with van der Waals surface area (Å²) in [5.74, 6) is 2.20. The average Bonchev–Trinajstić information content (AvgIpc) is 3.58. The summed E-state index contributed by atoms with van der Waals surface area (Å²) in [5.41, 5.74) is 4.41. The Hall–Kier alpha value is -3.64. The van der Waals surface area contributed by atoms with Gasteiger partial charge in [0.1, 0.15) is 0 Å². The Morgan fingerprint density at radius 1 is 0.889 bits per heavy atom. The van der Waals surface area contributed by atoms with E-state index < -0.39 is 0 Å². The molecule has 1 amide bonds. The summed E-state index contributed by atoms with van der Waals surface area (Å²) in [6, 6.07) is 26.6. The van der Waals surface area contributed by atoms with E-state index in [9.17, 15) is 4.79 Å². The van der Waals surface area contributed by atoms with E-state index in [2.05, 4.69) is 47.4 Å². The molecule has 0 N–H and O–H groups in total. The molecular weight excluding hydrogens is 450 g/mol. The van der Waals surface area contributed by atoms with Gasteiger partial charge in [-0.15, -0.1) is 0 Å². The molecule has 184 valence electrons. The predicted molar refractivity (Wildman–Crippen MR) is 139 cm³/mol. The number of carbonyl (C=O) groups is 1. The van der Waals surface area contributed by atoms with E-state index in [1.54, 1.807) is 5.01 Å². The number of fused-ring (bicyclic) bond motifs is 1. The zero-order chi connectivity index (χ0) is 24.3. The monoisotopic (exact) mass is 481 g/mol. The lowest BCUT2D eigenvalue weighted by molar-refractivity contribution is -0.134. The second-order valence-corrected chi connectivity index (χ2v) is 9.89. The molecule has 3 heterocycles. The Balaban J connectivity index is 1.15. The van der Waals surface area contributed by atoms with Crippen molar-refractivity contribution in [3.05, 3.63) is 95.6 Å². The summed E-state index contributed by atoms with van der Waals surface area (Å²) in [6.07, 6.45) is 4.03. The number of benzene rings is 3. The fourth-order valence-corrected chi connectivity index (χ4v) is 5.49. The van der Waals surface area contributed by atoms with Crippen LogP contribution in [0.1, 0.15) is 42.0 Å². The number of piperidine rings is 1. The molecule has 6 heteroatoms. The smallest absolute Gasteiger partial charge is 0.257 e. The number of ether oxygens (including phenoxy) is 2. The number of nitrogens with zero attached hydrogens (tertiary/aromatic N) is 3. The molecule has 0 spiro atoms. The van der Waals surface area contributed by atoms with Crippen LogP contribution in [0.25, 0.3) is 0 Å². The van der Waals surface area contributed by atoms with E-state index >= 15 is 0 Å². The third-order valence-corrected chi connectivity index (χ3v) is 7.49. The van der Waals surface area contributed by atoms with Gasteiger partial charge in [0.15, 0.2) is 11.5 Å². The quantitative estimate of drug-likeness (QED) is 0.495. The van der Waals surface area contributed by atoms with Gasteiger partial charge >= 0.3 is 0 Å². The molecule has 6 nitrogen and oxygen atoms in total. The first-order valence-electron chi connectivity index (χ1n) is 12.8. The molecule has 0 radical (unpaired) electrons. The predicted octanol–water partition coefficient (Wildman–Crippen LogP) is 5.05. The standard InChI is InChI=1S/C30H31N3O3/c34-30(20-32-15-13-23(14-16-32)17-22-7-3-1-4-8-22)33-27(19-26(31-33)24-9-5-2-6-10-24)25-11-12-28-29(18-25)36-21-35-28/h1-12,18,23,27H,13-17,19-21H2/t27-/m0/s1. The van der Waals surface area contributed by atoms with Crippen LogP contribution < -0.4 is 9.47 Å². The van der Waals surface area contributed by atoms with E-state index in [0.29, 0.717) is 18.9 Å². The van der Waals surface area contributed by atoms with Crippen molar-refractivity contribution in [2.45, 2.75) is 31.7 Å². The molecule has 36 heavy (non-hydrogen) atoms. The molecular formula is C30H31N3O3. The van der Waals surface area contributed by atoms with E-state index in [4.69, 9.17) is 14.6 Å². The molecule has 3 aliphatic heterocycles. The van der Waals surface area contributed by atoms with Gasteiger partial charge in [-0.1, -0.05) is 66.7 Å². The Morgan fingerprint density at radius 3 is 2.39 bits per heavy atom. The van der Waals surface area contributed by atoms with Gasteiger partial charge in [0.05, 0.1) is 18.3 Å². The Kier molecular flexibility index (Phi) is 6.43. The van der Waals surface area contributed by atoms with Gasteiger partial charge in [0.25, 0.3) is 5.91 Å². The number of rotatable bonds is 6. The summed E-state index contributed by atoms with van der Waals surface area (Å²) >= 11 is 0. The maximum absolute atomic E-state index is 13.6. The molecule has 0 bridgehead atoms. The normalized spacial score (nSPS) is 19.9. The van der Waals surface area contributed by atoms with Crippen LogP contribution >= 0.6 is 0 Å². The van der Waals surface area contributed by atoms with Crippen LogP contribution in [-0.2, 0) is 11.2 Å². The first kappa shape index (κ1) is 22.8. The summed E-state index contributed by atoms with van der Waals surface area (Å²) < 4.78 is 11.1. The fourth-order valence-electron chi connectivity index (χ4n) is 5.49. The summed E-state index contributed by atoms with van der Waals surface area (Å²) in [4.78, 5) is 15.9. The van der Waals surface area contributed by atoms with Gasteiger partial charge in [0, 0.05) is 6.42 Å². The van der Waals surface area contributed by atoms with Crippen molar-refractivity contribution < 1.29 is 14.3 Å². The summed E-state index contributed by atoms with van der Waals surface area (Å²) in [6.45, 7) is 2.52. The number of hydrogen-bond acceptors (Lipinski definition) is 5. The lowest BCUT2D eigenvalue weighted by atomic mass is 9.90. The highest BCUT2D eigenvalue weighted by Crippen LogP contribution is 2.39. The highest BCUT2D eigenvalue weighted by Gasteiger charge is 2.35. The largest absolute Gasteiger partial charge is 0.454 e. The van der Waals surface area contributed by atoms with Crippen LogP contribution in [-0.4, -0.2) is 48.0 Å². The molecule has 3 aromatic rings. The molecule has 1 fully saturated rings. The van der Waals surface area contributed by atoms with Crippen molar-refractivity contribution in [1.29, 1.82) is 0 Å². The third kappa shape index (κ3) is 4.86. The minimum atomic E-state index is -0.155. The minimum Gasteiger partial charge on any atom is -0.454 e. The van der Waals surface area contributed by atoms with E-state index in [-0.39, 0.29) is 18.7 Å². The molecule has 1 atom stereocenters. The lowest BCUT2D eigenvalue weighted by Gasteiger charge is -2.33. The van der Waals surface area contributed by atoms with Gasteiger partial charge in [-0.3, -0.25) is 9.69 Å².